The molecule has 0 unspecified atom stereocenters. The lowest BCUT2D eigenvalue weighted by atomic mass is 10.1. The molecule has 0 aliphatic heterocycles. The molecule has 0 saturated heterocycles. The smallest absolute Gasteiger partial charge is 0.402 e. The molecule has 0 fully saturated rings. The van der Waals surface area contributed by atoms with E-state index in [0.29, 0.717) is 0 Å². The van der Waals surface area contributed by atoms with Gasteiger partial charge in [-0.15, -0.1) is 0 Å². The van der Waals surface area contributed by atoms with Gasteiger partial charge in [0.25, 0.3) is 0 Å². The van der Waals surface area contributed by atoms with Crippen molar-refractivity contribution in [2.24, 2.45) is 0 Å². The number of hydrogen-bond donors (Lipinski definition) is 2. The van der Waals surface area contributed by atoms with Crippen LogP contribution >= 0.6 is 11.6 Å². The molecule has 1 aromatic carbocycles. The molecule has 20 heavy (non-hydrogen) atoms. The van der Waals surface area contributed by atoms with Gasteiger partial charge in [0.15, 0.2) is 0 Å². The summed E-state index contributed by atoms with van der Waals surface area (Å²) in [5, 5.41) is 8.68. The zero-order valence-corrected chi connectivity index (χ0v) is 11.5. The van der Waals surface area contributed by atoms with Crippen molar-refractivity contribution in [3.05, 3.63) is 28.3 Å². The third kappa shape index (κ3) is 4.09. The van der Waals surface area contributed by atoms with Crippen LogP contribution in [-0.4, -0.2) is 32.2 Å². The highest BCUT2D eigenvalue weighted by Crippen LogP contribution is 2.25. The quantitative estimate of drug-likeness (QED) is 0.886. The molecule has 0 aliphatic rings. The summed E-state index contributed by atoms with van der Waals surface area (Å²) in [5.74, 6) is -1.43. The Morgan fingerprint density at radius 2 is 1.95 bits per heavy atom. The minimum Gasteiger partial charge on any atom is -0.478 e. The molecule has 0 radical (unpaired) electrons. The second-order valence-corrected chi connectivity index (χ2v) is 5.99. The molecule has 0 spiro atoms. The third-order valence-corrected chi connectivity index (χ3v) is 4.05. The standard InChI is InChI=1S/C10H9ClF3NO4S/c1-5-7(9(16)17)2-6(11)3-8(5)20(18,19)15-4-10(12,13)14/h2-3,15H,4H2,1H3,(H,16,17). The number of hydrogen-bond acceptors (Lipinski definition) is 3. The topological polar surface area (TPSA) is 83.5 Å². The number of benzene rings is 1. The maximum absolute atomic E-state index is 12.0. The van der Waals surface area contributed by atoms with Gasteiger partial charge in [-0.2, -0.15) is 13.2 Å². The molecule has 0 saturated carbocycles. The van der Waals surface area contributed by atoms with Crippen molar-refractivity contribution >= 4 is 27.6 Å². The minimum atomic E-state index is -4.73. The number of alkyl halides is 3. The van der Waals surface area contributed by atoms with Gasteiger partial charge in [-0.3, -0.25) is 0 Å². The fourth-order valence-electron chi connectivity index (χ4n) is 1.41. The van der Waals surface area contributed by atoms with Crippen LogP contribution in [-0.2, 0) is 10.0 Å². The maximum Gasteiger partial charge on any atom is 0.402 e. The molecule has 112 valence electrons. The summed E-state index contributed by atoms with van der Waals surface area (Å²) < 4.78 is 61.0. The van der Waals surface area contributed by atoms with E-state index in [0.717, 1.165) is 12.1 Å². The summed E-state index contributed by atoms with van der Waals surface area (Å²) in [7, 11) is -4.52. The monoisotopic (exact) mass is 331 g/mol. The van der Waals surface area contributed by atoms with E-state index in [1.807, 2.05) is 0 Å². The Bertz CT molecular complexity index is 643. The Hall–Kier alpha value is -1.32. The lowest BCUT2D eigenvalue weighted by molar-refractivity contribution is -0.121. The Morgan fingerprint density at radius 1 is 1.40 bits per heavy atom. The van der Waals surface area contributed by atoms with Gasteiger partial charge in [-0.1, -0.05) is 11.6 Å². The molecule has 0 aliphatic carbocycles. The molecule has 0 aromatic heterocycles. The Balaban J connectivity index is 3.29. The first kappa shape index (κ1) is 16.7. The zero-order valence-electron chi connectivity index (χ0n) is 9.95. The number of sulfonamides is 1. The molecule has 10 heteroatoms. The minimum absolute atomic E-state index is 0.198. The van der Waals surface area contributed by atoms with Crippen LogP contribution in [0.25, 0.3) is 0 Å². The number of carbonyl (C=O) groups is 1. The van der Waals surface area contributed by atoms with Crippen molar-refractivity contribution in [2.45, 2.75) is 18.0 Å². The van der Waals surface area contributed by atoms with Crippen LogP contribution in [0, 0.1) is 6.92 Å². The van der Waals surface area contributed by atoms with Crippen molar-refractivity contribution < 1.29 is 31.5 Å². The summed E-state index contributed by atoms with van der Waals surface area (Å²) >= 11 is 5.58. The summed E-state index contributed by atoms with van der Waals surface area (Å²) in [4.78, 5) is 10.3. The molecule has 1 aromatic rings. The van der Waals surface area contributed by atoms with E-state index in [4.69, 9.17) is 16.7 Å². The fourth-order valence-corrected chi connectivity index (χ4v) is 3.00. The molecule has 0 bridgehead atoms. The third-order valence-electron chi connectivity index (χ3n) is 2.31. The van der Waals surface area contributed by atoms with Gasteiger partial charge in [0, 0.05) is 5.02 Å². The van der Waals surface area contributed by atoms with Gasteiger partial charge >= 0.3 is 12.1 Å². The van der Waals surface area contributed by atoms with E-state index in [-0.39, 0.29) is 10.6 Å². The Morgan fingerprint density at radius 3 is 2.40 bits per heavy atom. The van der Waals surface area contributed by atoms with Crippen LogP contribution in [0.15, 0.2) is 17.0 Å². The number of carboxylic acids is 1. The normalized spacial score (nSPS) is 12.4. The second kappa shape index (κ2) is 5.58. The zero-order chi connectivity index (χ0) is 15.7. The highest BCUT2D eigenvalue weighted by molar-refractivity contribution is 7.89. The number of carboxylic acid groups (broad SMARTS) is 1. The molecule has 0 atom stereocenters. The van der Waals surface area contributed by atoms with E-state index >= 15 is 0 Å². The Labute approximate surface area is 117 Å². The first-order chi connectivity index (χ1) is 8.94. The number of aromatic carboxylic acids is 1. The first-order valence-corrected chi connectivity index (χ1v) is 6.90. The van der Waals surface area contributed by atoms with Crippen LogP contribution in [0.4, 0.5) is 13.2 Å². The van der Waals surface area contributed by atoms with Crippen LogP contribution in [0.2, 0.25) is 5.02 Å². The molecular weight excluding hydrogens is 323 g/mol. The summed E-state index contributed by atoms with van der Waals surface area (Å²) in [6, 6.07) is 1.91. The van der Waals surface area contributed by atoms with Gasteiger partial charge in [0.1, 0.15) is 6.54 Å². The number of nitrogens with one attached hydrogen (secondary N) is 1. The van der Waals surface area contributed by atoms with Gasteiger partial charge < -0.3 is 5.11 Å². The van der Waals surface area contributed by atoms with Gasteiger partial charge in [0.05, 0.1) is 10.5 Å². The molecule has 1 rings (SSSR count). The van der Waals surface area contributed by atoms with E-state index in [9.17, 15) is 26.4 Å². The van der Waals surface area contributed by atoms with Gasteiger partial charge in [0.2, 0.25) is 10.0 Å². The molecule has 0 amide bonds. The van der Waals surface area contributed by atoms with Crippen molar-refractivity contribution in [3.8, 4) is 0 Å². The van der Waals surface area contributed by atoms with Crippen molar-refractivity contribution in [1.29, 1.82) is 0 Å². The van der Waals surface area contributed by atoms with E-state index in [1.165, 1.54) is 11.6 Å². The first-order valence-electron chi connectivity index (χ1n) is 5.04. The van der Waals surface area contributed by atoms with E-state index in [1.54, 1.807) is 0 Å². The Kier molecular flexibility index (Phi) is 4.67. The summed E-state index contributed by atoms with van der Waals surface area (Å²) in [6.07, 6.45) is -4.73. The second-order valence-electron chi connectivity index (χ2n) is 3.82. The van der Waals surface area contributed by atoms with Crippen LogP contribution in [0.1, 0.15) is 15.9 Å². The van der Waals surface area contributed by atoms with Crippen LogP contribution < -0.4 is 4.72 Å². The average Bonchev–Trinajstić information content (AvgIpc) is 2.28. The predicted octanol–water partition coefficient (Wildman–Crippen LogP) is 2.19. The van der Waals surface area contributed by atoms with Crippen LogP contribution in [0.5, 0.6) is 0 Å². The molecule has 5 nitrogen and oxygen atoms in total. The van der Waals surface area contributed by atoms with Crippen LogP contribution in [0.3, 0.4) is 0 Å². The number of halogens is 4. The lowest BCUT2D eigenvalue weighted by Gasteiger charge is -2.13. The van der Waals surface area contributed by atoms with Crippen molar-refractivity contribution in [3.63, 3.8) is 0 Å². The maximum atomic E-state index is 12.0. The van der Waals surface area contributed by atoms with Gasteiger partial charge in [-0.25, -0.2) is 17.9 Å². The predicted molar refractivity (Wildman–Crippen MR) is 64.4 cm³/mol. The fraction of sp³-hybridized carbons (Fsp3) is 0.300. The summed E-state index contributed by atoms with van der Waals surface area (Å²) in [5.41, 5.74) is -0.596. The average molecular weight is 332 g/mol. The van der Waals surface area contributed by atoms with Crippen molar-refractivity contribution in [2.75, 3.05) is 6.54 Å². The SMILES string of the molecule is Cc1c(C(=O)O)cc(Cl)cc1S(=O)(=O)NCC(F)(F)F. The molecule has 0 heterocycles. The van der Waals surface area contributed by atoms with Crippen molar-refractivity contribution in [1.82, 2.24) is 4.72 Å². The largest absolute Gasteiger partial charge is 0.478 e. The highest BCUT2D eigenvalue weighted by Gasteiger charge is 2.31. The molecular formula is C10H9ClF3NO4S. The van der Waals surface area contributed by atoms with E-state index < -0.39 is 39.2 Å². The molecule has 2 N–H and O–H groups in total. The van der Waals surface area contributed by atoms with Gasteiger partial charge in [-0.05, 0) is 24.6 Å². The number of rotatable bonds is 4. The van der Waals surface area contributed by atoms with E-state index in [2.05, 4.69) is 0 Å². The summed E-state index contributed by atoms with van der Waals surface area (Å²) in [6.45, 7) is -0.592. The lowest BCUT2D eigenvalue weighted by Crippen LogP contribution is -2.34. The highest BCUT2D eigenvalue weighted by atomic mass is 35.5.